The molecule has 8 nitrogen and oxygen atoms in total. The van der Waals surface area contributed by atoms with Gasteiger partial charge < -0.3 is 19.4 Å². The molecule has 0 atom stereocenters. The van der Waals surface area contributed by atoms with Gasteiger partial charge in [-0.25, -0.2) is 13.4 Å². The van der Waals surface area contributed by atoms with E-state index in [2.05, 4.69) is 15.2 Å². The van der Waals surface area contributed by atoms with Crippen molar-refractivity contribution in [3.8, 4) is 5.88 Å². The fourth-order valence-electron chi connectivity index (χ4n) is 2.36. The van der Waals surface area contributed by atoms with Crippen molar-refractivity contribution in [1.29, 1.82) is 0 Å². The molecule has 152 valence electrons. The van der Waals surface area contributed by atoms with Gasteiger partial charge in [-0.05, 0) is 43.9 Å². The molecule has 0 aromatic carbocycles. The van der Waals surface area contributed by atoms with Crippen LogP contribution in [0.3, 0.4) is 0 Å². The fraction of sp³-hybridized carbons (Fsp3) is 0.368. The van der Waals surface area contributed by atoms with E-state index in [4.69, 9.17) is 9.15 Å². The molecule has 2 aromatic rings. The minimum absolute atomic E-state index is 0.215. The predicted octanol–water partition coefficient (Wildman–Crippen LogP) is 1.40. The molecule has 0 saturated heterocycles. The number of aromatic nitrogens is 1. The Bertz CT molecular complexity index is 877. The van der Waals surface area contributed by atoms with Crippen LogP contribution in [0, 0.1) is 0 Å². The summed E-state index contributed by atoms with van der Waals surface area (Å²) >= 11 is 0. The second-order valence-corrected chi connectivity index (χ2v) is 8.50. The van der Waals surface area contributed by atoms with Crippen molar-refractivity contribution in [3.05, 3.63) is 60.2 Å². The van der Waals surface area contributed by atoms with Crippen LogP contribution in [0.15, 0.2) is 53.3 Å². The molecular weight excluding hydrogens is 382 g/mol. The van der Waals surface area contributed by atoms with Crippen molar-refractivity contribution in [3.63, 3.8) is 0 Å². The molecular formula is C19H25N3O5S. The van der Waals surface area contributed by atoms with E-state index in [-0.39, 0.29) is 12.3 Å². The van der Waals surface area contributed by atoms with E-state index >= 15 is 0 Å². The quantitative estimate of drug-likeness (QED) is 0.562. The molecule has 0 bridgehead atoms. The molecule has 2 aromatic heterocycles. The standard InChI is InChI=1S/C19H25N3O5S/c1-22(2)13-16-7-9-21-19(12-16)27-10-4-3-8-20-18(23)15-28(24,25)14-17-6-5-11-26-17/h3-7,9,11-12H,8,10,13-15H2,1-2H3,(H,20,23)/b4-3-. The summed E-state index contributed by atoms with van der Waals surface area (Å²) in [5.74, 6) is -0.599. The Morgan fingerprint density at radius 1 is 1.32 bits per heavy atom. The van der Waals surface area contributed by atoms with Gasteiger partial charge in [0.25, 0.3) is 0 Å². The Morgan fingerprint density at radius 2 is 2.14 bits per heavy atom. The number of nitrogens with one attached hydrogen (secondary N) is 1. The second kappa shape index (κ2) is 10.6. The highest BCUT2D eigenvalue weighted by molar-refractivity contribution is 7.91. The summed E-state index contributed by atoms with van der Waals surface area (Å²) < 4.78 is 34.4. The first kappa shape index (κ1) is 21.6. The number of rotatable bonds is 11. The van der Waals surface area contributed by atoms with Crippen molar-refractivity contribution < 1.29 is 22.4 Å². The summed E-state index contributed by atoms with van der Waals surface area (Å²) in [4.78, 5) is 18.0. The van der Waals surface area contributed by atoms with Crippen molar-refractivity contribution >= 4 is 15.7 Å². The number of carbonyl (C=O) groups is 1. The number of sulfone groups is 1. The van der Waals surface area contributed by atoms with Crippen molar-refractivity contribution in [2.45, 2.75) is 12.3 Å². The van der Waals surface area contributed by atoms with Crippen LogP contribution in [0.2, 0.25) is 0 Å². The predicted molar refractivity (Wildman–Crippen MR) is 105 cm³/mol. The van der Waals surface area contributed by atoms with Crippen molar-refractivity contribution in [2.24, 2.45) is 0 Å². The average molecular weight is 407 g/mol. The third-order valence-electron chi connectivity index (χ3n) is 3.50. The third-order valence-corrected chi connectivity index (χ3v) is 4.93. The Balaban J connectivity index is 1.67. The molecule has 0 fully saturated rings. The van der Waals surface area contributed by atoms with Crippen molar-refractivity contribution in [1.82, 2.24) is 15.2 Å². The molecule has 2 rings (SSSR count). The molecule has 0 aliphatic rings. The molecule has 0 saturated carbocycles. The zero-order valence-corrected chi connectivity index (χ0v) is 16.8. The zero-order valence-electron chi connectivity index (χ0n) is 16.0. The van der Waals surface area contributed by atoms with Crippen LogP contribution in [0.5, 0.6) is 5.88 Å². The van der Waals surface area contributed by atoms with Gasteiger partial charge in [0.1, 0.15) is 23.9 Å². The second-order valence-electron chi connectivity index (χ2n) is 6.44. The SMILES string of the molecule is CN(C)Cc1ccnc(OC/C=C\CNC(=O)CS(=O)(=O)Cc2ccco2)c1. The van der Waals surface area contributed by atoms with E-state index in [1.807, 2.05) is 26.2 Å². The maximum absolute atomic E-state index is 11.9. The van der Waals surface area contributed by atoms with Gasteiger partial charge in [0.05, 0.1) is 6.26 Å². The van der Waals surface area contributed by atoms with Crippen LogP contribution in [0.1, 0.15) is 11.3 Å². The number of furan rings is 1. The van der Waals surface area contributed by atoms with E-state index in [1.165, 1.54) is 6.26 Å². The Hall–Kier alpha value is -2.65. The molecule has 0 radical (unpaired) electrons. The first-order valence-electron chi connectivity index (χ1n) is 8.71. The molecule has 0 aliphatic heterocycles. The lowest BCUT2D eigenvalue weighted by molar-refractivity contribution is -0.118. The molecule has 9 heteroatoms. The largest absolute Gasteiger partial charge is 0.473 e. The highest BCUT2D eigenvalue weighted by atomic mass is 32.2. The molecule has 0 spiro atoms. The molecule has 2 heterocycles. The number of pyridine rings is 1. The minimum atomic E-state index is -3.57. The average Bonchev–Trinajstić information content (AvgIpc) is 3.09. The van der Waals surface area contributed by atoms with E-state index in [1.54, 1.807) is 30.5 Å². The Kier molecular flexibility index (Phi) is 8.21. The number of carbonyl (C=O) groups excluding carboxylic acids is 1. The Labute approximate surface area is 165 Å². The van der Waals surface area contributed by atoms with Crippen LogP contribution in [0.4, 0.5) is 0 Å². The van der Waals surface area contributed by atoms with Crippen LogP contribution >= 0.6 is 0 Å². The van der Waals surface area contributed by atoms with Crippen LogP contribution in [-0.4, -0.2) is 57.2 Å². The molecule has 0 aliphatic carbocycles. The number of nitrogens with zero attached hydrogens (tertiary/aromatic N) is 2. The maximum atomic E-state index is 11.9. The summed E-state index contributed by atoms with van der Waals surface area (Å²) in [7, 11) is 0.406. The van der Waals surface area contributed by atoms with E-state index in [0.29, 0.717) is 18.2 Å². The summed E-state index contributed by atoms with van der Waals surface area (Å²) in [6.45, 7) is 1.31. The molecule has 1 amide bonds. The minimum Gasteiger partial charge on any atom is -0.473 e. The van der Waals surface area contributed by atoms with Gasteiger partial charge in [0, 0.05) is 25.4 Å². The Morgan fingerprint density at radius 3 is 2.86 bits per heavy atom. The first-order valence-corrected chi connectivity index (χ1v) is 10.5. The third kappa shape index (κ3) is 8.36. The highest BCUT2D eigenvalue weighted by Crippen LogP contribution is 2.10. The van der Waals surface area contributed by atoms with Gasteiger partial charge >= 0.3 is 0 Å². The van der Waals surface area contributed by atoms with Gasteiger partial charge in [0.15, 0.2) is 9.84 Å². The lowest BCUT2D eigenvalue weighted by Crippen LogP contribution is -2.30. The lowest BCUT2D eigenvalue weighted by Gasteiger charge is -2.10. The van der Waals surface area contributed by atoms with Gasteiger partial charge in [-0.2, -0.15) is 0 Å². The van der Waals surface area contributed by atoms with E-state index < -0.39 is 21.5 Å². The summed E-state index contributed by atoms with van der Waals surface area (Å²) in [5, 5.41) is 2.54. The normalized spacial score (nSPS) is 11.8. The molecule has 1 N–H and O–H groups in total. The maximum Gasteiger partial charge on any atom is 0.235 e. The summed E-state index contributed by atoms with van der Waals surface area (Å²) in [5.41, 5.74) is 1.10. The first-order chi connectivity index (χ1) is 13.3. The summed E-state index contributed by atoms with van der Waals surface area (Å²) in [6, 6.07) is 6.97. The number of hydrogen-bond acceptors (Lipinski definition) is 7. The molecule has 28 heavy (non-hydrogen) atoms. The molecule has 0 unspecified atom stereocenters. The number of hydrogen-bond donors (Lipinski definition) is 1. The van der Waals surface area contributed by atoms with Crippen molar-refractivity contribution in [2.75, 3.05) is 33.0 Å². The van der Waals surface area contributed by atoms with E-state index in [9.17, 15) is 13.2 Å². The van der Waals surface area contributed by atoms with Gasteiger partial charge in [-0.3, -0.25) is 4.79 Å². The van der Waals surface area contributed by atoms with E-state index in [0.717, 1.165) is 12.1 Å². The monoisotopic (exact) mass is 407 g/mol. The van der Waals surface area contributed by atoms with Gasteiger partial charge in [-0.1, -0.05) is 6.08 Å². The summed E-state index contributed by atoms with van der Waals surface area (Å²) in [6.07, 6.45) is 6.52. The topological polar surface area (TPSA) is 102 Å². The number of amides is 1. The highest BCUT2D eigenvalue weighted by Gasteiger charge is 2.18. The van der Waals surface area contributed by atoms with Crippen LogP contribution in [0.25, 0.3) is 0 Å². The fourth-order valence-corrected chi connectivity index (χ4v) is 3.57. The smallest absolute Gasteiger partial charge is 0.235 e. The van der Waals surface area contributed by atoms with Crippen LogP contribution in [-0.2, 0) is 26.9 Å². The zero-order chi connectivity index (χ0) is 20.4. The number of ether oxygens (including phenoxy) is 1. The van der Waals surface area contributed by atoms with Crippen LogP contribution < -0.4 is 10.1 Å². The lowest BCUT2D eigenvalue weighted by atomic mass is 10.2. The van der Waals surface area contributed by atoms with Gasteiger partial charge in [-0.15, -0.1) is 0 Å². The van der Waals surface area contributed by atoms with Gasteiger partial charge in [0.2, 0.25) is 11.8 Å².